The van der Waals surface area contributed by atoms with Crippen molar-refractivity contribution in [1.29, 1.82) is 5.26 Å². The number of esters is 1. The van der Waals surface area contributed by atoms with Gasteiger partial charge in [0, 0.05) is 18.7 Å². The second-order valence-corrected chi connectivity index (χ2v) is 4.79. The summed E-state index contributed by atoms with van der Waals surface area (Å²) >= 11 is 0. The molecule has 6 heteroatoms. The summed E-state index contributed by atoms with van der Waals surface area (Å²) in [6.07, 6.45) is 0. The summed E-state index contributed by atoms with van der Waals surface area (Å²) < 4.78 is 5.25. The van der Waals surface area contributed by atoms with Gasteiger partial charge in [-0.25, -0.2) is 4.79 Å². The molecular formula is C17H17N3O3. The molecule has 0 atom stereocenters. The van der Waals surface area contributed by atoms with E-state index in [1.54, 1.807) is 23.1 Å². The van der Waals surface area contributed by atoms with E-state index >= 15 is 0 Å². The van der Waals surface area contributed by atoms with Crippen LogP contribution in [0.2, 0.25) is 0 Å². The first-order chi connectivity index (χ1) is 11.1. The van der Waals surface area contributed by atoms with E-state index in [4.69, 9.17) is 10.00 Å². The number of rotatable bonds is 5. The van der Waals surface area contributed by atoms with Gasteiger partial charge in [-0.05, 0) is 44.2 Å². The third-order valence-corrected chi connectivity index (χ3v) is 3.37. The van der Waals surface area contributed by atoms with E-state index in [2.05, 4.69) is 4.98 Å². The first-order valence-corrected chi connectivity index (χ1v) is 7.29. The molecule has 118 valence electrons. The van der Waals surface area contributed by atoms with Crippen molar-refractivity contribution in [1.82, 2.24) is 9.88 Å². The summed E-state index contributed by atoms with van der Waals surface area (Å²) in [6, 6.07) is 11.4. The van der Waals surface area contributed by atoms with Crippen molar-refractivity contribution >= 4 is 11.9 Å². The Kier molecular flexibility index (Phi) is 5.15. The van der Waals surface area contributed by atoms with Crippen LogP contribution in [0.25, 0.3) is 0 Å². The van der Waals surface area contributed by atoms with Crippen LogP contribution in [0.3, 0.4) is 0 Å². The molecular weight excluding hydrogens is 294 g/mol. The Bertz CT molecular complexity index is 754. The van der Waals surface area contributed by atoms with Gasteiger partial charge in [-0.2, -0.15) is 5.26 Å². The zero-order valence-electron chi connectivity index (χ0n) is 13.0. The maximum Gasteiger partial charge on any atom is 0.360 e. The summed E-state index contributed by atoms with van der Waals surface area (Å²) in [5.74, 6) is -0.445. The highest BCUT2D eigenvalue weighted by Gasteiger charge is 2.15. The van der Waals surface area contributed by atoms with Crippen LogP contribution >= 0.6 is 0 Å². The van der Waals surface area contributed by atoms with Crippen LogP contribution in [0.4, 0.5) is 0 Å². The van der Waals surface area contributed by atoms with Crippen LogP contribution in [0.15, 0.2) is 36.4 Å². The second kappa shape index (κ2) is 7.27. The van der Waals surface area contributed by atoms with E-state index in [0.717, 1.165) is 0 Å². The van der Waals surface area contributed by atoms with Gasteiger partial charge in [0.25, 0.3) is 5.91 Å². The standard InChI is InChI=1S/C17H17N3O3/c1-3-20(4-2)16(21)12-6-5-7-14(10-12)23-17(22)15-9-8-13(11-18)19-15/h5-10,19H,3-4H2,1-2H3. The van der Waals surface area contributed by atoms with Crippen molar-refractivity contribution in [2.24, 2.45) is 0 Å². The van der Waals surface area contributed by atoms with Gasteiger partial charge in [0.1, 0.15) is 23.2 Å². The Morgan fingerprint density at radius 2 is 1.96 bits per heavy atom. The van der Waals surface area contributed by atoms with Crippen LogP contribution in [0, 0.1) is 11.3 Å². The number of H-pyrrole nitrogens is 1. The van der Waals surface area contributed by atoms with Crippen molar-refractivity contribution in [2.75, 3.05) is 13.1 Å². The molecule has 0 aliphatic carbocycles. The van der Waals surface area contributed by atoms with E-state index in [1.165, 1.54) is 18.2 Å². The molecule has 1 N–H and O–H groups in total. The number of ether oxygens (including phenoxy) is 1. The number of benzene rings is 1. The molecule has 1 aromatic carbocycles. The monoisotopic (exact) mass is 311 g/mol. The molecule has 0 saturated carbocycles. The van der Waals surface area contributed by atoms with E-state index in [0.29, 0.717) is 18.7 Å². The number of hydrogen-bond acceptors (Lipinski definition) is 4. The number of carbonyl (C=O) groups excluding carboxylic acids is 2. The number of amides is 1. The molecule has 0 radical (unpaired) electrons. The SMILES string of the molecule is CCN(CC)C(=O)c1cccc(OC(=O)c2ccc(C#N)[nH]2)c1. The van der Waals surface area contributed by atoms with E-state index in [1.807, 2.05) is 19.9 Å². The lowest BCUT2D eigenvalue weighted by atomic mass is 10.2. The lowest BCUT2D eigenvalue weighted by Gasteiger charge is -2.18. The number of nitriles is 1. The minimum absolute atomic E-state index is 0.112. The molecule has 6 nitrogen and oxygen atoms in total. The number of hydrogen-bond donors (Lipinski definition) is 1. The maximum atomic E-state index is 12.3. The minimum Gasteiger partial charge on any atom is -0.422 e. The quantitative estimate of drug-likeness (QED) is 0.679. The van der Waals surface area contributed by atoms with Crippen molar-refractivity contribution in [2.45, 2.75) is 13.8 Å². The van der Waals surface area contributed by atoms with Crippen molar-refractivity contribution in [3.8, 4) is 11.8 Å². The smallest absolute Gasteiger partial charge is 0.360 e. The number of aromatic amines is 1. The molecule has 1 heterocycles. The lowest BCUT2D eigenvalue weighted by Crippen LogP contribution is -2.30. The summed E-state index contributed by atoms with van der Waals surface area (Å²) in [7, 11) is 0. The molecule has 0 saturated heterocycles. The van der Waals surface area contributed by atoms with E-state index in [-0.39, 0.29) is 23.0 Å². The summed E-state index contributed by atoms with van der Waals surface area (Å²) in [6.45, 7) is 5.03. The van der Waals surface area contributed by atoms with Gasteiger partial charge in [-0.1, -0.05) is 6.07 Å². The number of nitrogens with one attached hydrogen (secondary N) is 1. The molecule has 0 aliphatic rings. The average molecular weight is 311 g/mol. The highest BCUT2D eigenvalue weighted by molar-refractivity contribution is 5.95. The second-order valence-electron chi connectivity index (χ2n) is 4.79. The van der Waals surface area contributed by atoms with Crippen molar-refractivity contribution < 1.29 is 14.3 Å². The average Bonchev–Trinajstić information content (AvgIpc) is 3.05. The first-order valence-electron chi connectivity index (χ1n) is 7.29. The Morgan fingerprint density at radius 1 is 1.22 bits per heavy atom. The molecule has 0 aliphatic heterocycles. The molecule has 0 bridgehead atoms. The zero-order valence-corrected chi connectivity index (χ0v) is 13.0. The van der Waals surface area contributed by atoms with Gasteiger partial charge in [0.05, 0.1) is 0 Å². The lowest BCUT2D eigenvalue weighted by molar-refractivity contribution is 0.0722. The Morgan fingerprint density at radius 3 is 2.57 bits per heavy atom. The molecule has 1 amide bonds. The molecule has 2 aromatic rings. The Balaban J connectivity index is 2.15. The third kappa shape index (κ3) is 3.77. The number of aromatic nitrogens is 1. The molecule has 0 spiro atoms. The molecule has 23 heavy (non-hydrogen) atoms. The zero-order chi connectivity index (χ0) is 16.8. The Labute approximate surface area is 134 Å². The van der Waals surface area contributed by atoms with Gasteiger partial charge in [0.2, 0.25) is 0 Å². The number of nitrogens with zero attached hydrogens (tertiary/aromatic N) is 2. The topological polar surface area (TPSA) is 86.2 Å². The van der Waals surface area contributed by atoms with Crippen LogP contribution < -0.4 is 4.74 Å². The van der Waals surface area contributed by atoms with Crippen LogP contribution in [-0.4, -0.2) is 34.8 Å². The maximum absolute atomic E-state index is 12.3. The molecule has 2 rings (SSSR count). The fourth-order valence-corrected chi connectivity index (χ4v) is 2.13. The minimum atomic E-state index is -0.612. The molecule has 0 fully saturated rings. The van der Waals surface area contributed by atoms with Crippen molar-refractivity contribution in [3.05, 3.63) is 53.3 Å². The van der Waals surface area contributed by atoms with Gasteiger partial charge in [0.15, 0.2) is 0 Å². The van der Waals surface area contributed by atoms with Crippen LogP contribution in [0.1, 0.15) is 40.4 Å². The molecule has 0 unspecified atom stereocenters. The van der Waals surface area contributed by atoms with Gasteiger partial charge in [-0.15, -0.1) is 0 Å². The summed E-state index contributed by atoms with van der Waals surface area (Å²) in [5, 5.41) is 8.74. The Hall–Kier alpha value is -3.07. The van der Waals surface area contributed by atoms with Gasteiger partial charge in [-0.3, -0.25) is 4.79 Å². The summed E-state index contributed by atoms with van der Waals surface area (Å²) in [5.41, 5.74) is 0.924. The first kappa shape index (κ1) is 16.3. The fraction of sp³-hybridized carbons (Fsp3) is 0.235. The van der Waals surface area contributed by atoms with Gasteiger partial charge >= 0.3 is 5.97 Å². The highest BCUT2D eigenvalue weighted by Crippen LogP contribution is 2.16. The fourth-order valence-electron chi connectivity index (χ4n) is 2.13. The largest absolute Gasteiger partial charge is 0.422 e. The predicted octanol–water partition coefficient (Wildman–Crippen LogP) is 2.59. The highest BCUT2D eigenvalue weighted by atomic mass is 16.5. The normalized spacial score (nSPS) is 9.96. The number of carbonyl (C=O) groups is 2. The van der Waals surface area contributed by atoms with Crippen LogP contribution in [0.5, 0.6) is 5.75 Å². The van der Waals surface area contributed by atoms with Crippen molar-refractivity contribution in [3.63, 3.8) is 0 Å². The third-order valence-electron chi connectivity index (χ3n) is 3.37. The van der Waals surface area contributed by atoms with Gasteiger partial charge < -0.3 is 14.6 Å². The molecule has 1 aromatic heterocycles. The van der Waals surface area contributed by atoms with E-state index < -0.39 is 5.97 Å². The predicted molar refractivity (Wildman–Crippen MR) is 84.2 cm³/mol. The van der Waals surface area contributed by atoms with E-state index in [9.17, 15) is 9.59 Å². The van der Waals surface area contributed by atoms with Crippen LogP contribution in [-0.2, 0) is 0 Å². The summed E-state index contributed by atoms with van der Waals surface area (Å²) in [4.78, 5) is 28.6.